The van der Waals surface area contributed by atoms with Gasteiger partial charge in [0.2, 0.25) is 5.43 Å². The molecule has 0 aliphatic carbocycles. The van der Waals surface area contributed by atoms with Crippen LogP contribution in [0, 0.1) is 10.5 Å². The highest BCUT2D eigenvalue weighted by molar-refractivity contribution is 14.1. The lowest BCUT2D eigenvalue weighted by Gasteiger charge is -2.19. The Morgan fingerprint density at radius 1 is 1.19 bits per heavy atom. The highest BCUT2D eigenvalue weighted by Crippen LogP contribution is 2.33. The normalized spacial score (nSPS) is 12.0. The van der Waals surface area contributed by atoms with E-state index in [1.807, 2.05) is 72.8 Å². The Morgan fingerprint density at radius 3 is 2.59 bits per heavy atom. The molecule has 4 aromatic rings. The molecule has 0 saturated carbocycles. The summed E-state index contributed by atoms with van der Waals surface area (Å²) in [5.41, 5.74) is 2.92. The molecule has 0 saturated heterocycles. The molecule has 0 radical (unpaired) electrons. The molecule has 2 aromatic carbocycles. The molecule has 2 aromatic heterocycles. The minimum atomic E-state index is -1.19. The molecule has 162 valence electrons. The van der Waals surface area contributed by atoms with Gasteiger partial charge in [-0.05, 0) is 60.2 Å². The summed E-state index contributed by atoms with van der Waals surface area (Å²) in [4.78, 5) is 28.7. The van der Waals surface area contributed by atoms with E-state index in [9.17, 15) is 14.7 Å². The predicted molar refractivity (Wildman–Crippen MR) is 134 cm³/mol. The van der Waals surface area contributed by atoms with E-state index in [0.717, 1.165) is 16.7 Å². The summed E-state index contributed by atoms with van der Waals surface area (Å²) in [6.45, 7) is 3.77. The van der Waals surface area contributed by atoms with Crippen LogP contribution < -0.4 is 10.7 Å². The minimum absolute atomic E-state index is 0.0923. The topological polar surface area (TPSA) is 92.4 Å². The minimum Gasteiger partial charge on any atom is -0.476 e. The zero-order chi connectivity index (χ0) is 23.0. The SMILES string of the molecule is Cc1cc(C(C)Nc2ccc(Cl)nc2C(=O)O)c2oc(-c3ccccc3)c(I)c(=O)c2c1. The van der Waals surface area contributed by atoms with Crippen LogP contribution in [0.4, 0.5) is 5.69 Å². The van der Waals surface area contributed by atoms with Gasteiger partial charge in [0.25, 0.3) is 0 Å². The average molecular weight is 561 g/mol. The fourth-order valence-electron chi connectivity index (χ4n) is 3.57. The van der Waals surface area contributed by atoms with Crippen LogP contribution in [-0.4, -0.2) is 16.1 Å². The largest absolute Gasteiger partial charge is 0.476 e. The van der Waals surface area contributed by atoms with E-state index in [4.69, 9.17) is 16.0 Å². The van der Waals surface area contributed by atoms with Crippen molar-refractivity contribution in [1.82, 2.24) is 4.98 Å². The van der Waals surface area contributed by atoms with Crippen LogP contribution in [0.3, 0.4) is 0 Å². The van der Waals surface area contributed by atoms with Gasteiger partial charge in [0, 0.05) is 11.1 Å². The molecule has 8 heteroatoms. The Bertz CT molecular complexity index is 1400. The van der Waals surface area contributed by atoms with Crippen LogP contribution in [0.15, 0.2) is 63.8 Å². The van der Waals surface area contributed by atoms with Gasteiger partial charge < -0.3 is 14.8 Å². The quantitative estimate of drug-likeness (QED) is 0.220. The fourth-order valence-corrected chi connectivity index (χ4v) is 4.43. The van der Waals surface area contributed by atoms with Crippen molar-refractivity contribution >= 4 is 56.8 Å². The Hall–Kier alpha value is -2.91. The summed E-state index contributed by atoms with van der Waals surface area (Å²) in [6, 6.07) is 15.9. The van der Waals surface area contributed by atoms with Gasteiger partial charge in [-0.2, -0.15) is 0 Å². The zero-order valence-electron chi connectivity index (χ0n) is 17.1. The van der Waals surface area contributed by atoms with Gasteiger partial charge in [-0.15, -0.1) is 0 Å². The summed E-state index contributed by atoms with van der Waals surface area (Å²) in [6.07, 6.45) is 0. The molecule has 0 aliphatic heterocycles. The van der Waals surface area contributed by atoms with E-state index >= 15 is 0 Å². The molecule has 0 amide bonds. The van der Waals surface area contributed by atoms with Crippen LogP contribution in [0.5, 0.6) is 0 Å². The Balaban J connectivity index is 1.88. The number of aromatic nitrogens is 1. The Kier molecular flexibility index (Phi) is 6.21. The third-order valence-electron chi connectivity index (χ3n) is 5.05. The van der Waals surface area contributed by atoms with Crippen molar-refractivity contribution in [2.45, 2.75) is 19.9 Å². The number of aromatic carboxylic acids is 1. The maximum Gasteiger partial charge on any atom is 0.356 e. The number of benzene rings is 2. The third kappa shape index (κ3) is 4.22. The van der Waals surface area contributed by atoms with Crippen LogP contribution >= 0.6 is 34.2 Å². The molecule has 1 unspecified atom stereocenters. The number of aryl methyl sites for hydroxylation is 1. The van der Waals surface area contributed by atoms with Crippen molar-refractivity contribution in [2.24, 2.45) is 0 Å². The molecule has 4 rings (SSSR count). The molecule has 6 nitrogen and oxygen atoms in total. The number of pyridine rings is 1. The maximum absolute atomic E-state index is 13.2. The standard InChI is InChI=1S/C24H18ClIN2O4/c1-12-10-15(13(2)27-17-8-9-18(25)28-20(17)24(30)31)23-16(11-12)21(29)19(26)22(32-23)14-6-4-3-5-7-14/h3-11,13,27H,1-2H3,(H,30,31). The number of carboxylic acid groups (broad SMARTS) is 1. The fraction of sp³-hybridized carbons (Fsp3) is 0.125. The van der Waals surface area contributed by atoms with Crippen LogP contribution in [-0.2, 0) is 0 Å². The highest BCUT2D eigenvalue weighted by atomic mass is 127. The van der Waals surface area contributed by atoms with E-state index in [0.29, 0.717) is 26.0 Å². The van der Waals surface area contributed by atoms with Gasteiger partial charge >= 0.3 is 5.97 Å². The van der Waals surface area contributed by atoms with Gasteiger partial charge in [0.15, 0.2) is 11.5 Å². The third-order valence-corrected chi connectivity index (χ3v) is 6.24. The van der Waals surface area contributed by atoms with Crippen LogP contribution in [0.2, 0.25) is 5.15 Å². The number of hydrogen-bond acceptors (Lipinski definition) is 5. The van der Waals surface area contributed by atoms with Gasteiger partial charge in [-0.25, -0.2) is 9.78 Å². The van der Waals surface area contributed by atoms with Crippen molar-refractivity contribution < 1.29 is 14.3 Å². The molecular weight excluding hydrogens is 543 g/mol. The van der Waals surface area contributed by atoms with Gasteiger partial charge in [0.1, 0.15) is 14.3 Å². The lowest BCUT2D eigenvalue weighted by Crippen LogP contribution is -2.14. The molecule has 0 fully saturated rings. The van der Waals surface area contributed by atoms with Crippen LogP contribution in [0.25, 0.3) is 22.3 Å². The van der Waals surface area contributed by atoms with Gasteiger partial charge in [-0.3, -0.25) is 4.79 Å². The number of nitrogens with zero attached hydrogens (tertiary/aromatic N) is 1. The number of halogens is 2. The van der Waals surface area contributed by atoms with E-state index in [1.54, 1.807) is 12.1 Å². The lowest BCUT2D eigenvalue weighted by molar-refractivity contribution is 0.0691. The number of carbonyl (C=O) groups is 1. The first-order chi connectivity index (χ1) is 15.3. The highest BCUT2D eigenvalue weighted by Gasteiger charge is 2.21. The summed E-state index contributed by atoms with van der Waals surface area (Å²) in [5.74, 6) is -0.691. The van der Waals surface area contributed by atoms with Gasteiger partial charge in [0.05, 0.1) is 17.1 Å². The molecule has 2 heterocycles. The van der Waals surface area contributed by atoms with Crippen molar-refractivity contribution in [3.8, 4) is 11.3 Å². The van der Waals surface area contributed by atoms with Crippen molar-refractivity contribution in [3.05, 3.63) is 90.4 Å². The monoisotopic (exact) mass is 560 g/mol. The van der Waals surface area contributed by atoms with E-state index in [-0.39, 0.29) is 22.3 Å². The molecule has 0 bridgehead atoms. The summed E-state index contributed by atoms with van der Waals surface area (Å²) >= 11 is 7.89. The molecule has 0 spiro atoms. The molecule has 0 aliphatic rings. The first-order valence-corrected chi connectivity index (χ1v) is 11.2. The maximum atomic E-state index is 13.2. The molecular formula is C24H18ClIN2O4. The second-order valence-electron chi connectivity index (χ2n) is 7.37. The van der Waals surface area contributed by atoms with E-state index in [2.05, 4.69) is 10.3 Å². The molecule has 1 atom stereocenters. The number of nitrogens with one attached hydrogen (secondary N) is 1. The van der Waals surface area contributed by atoms with Gasteiger partial charge in [-0.1, -0.05) is 48.0 Å². The smallest absolute Gasteiger partial charge is 0.356 e. The van der Waals surface area contributed by atoms with Crippen LogP contribution in [0.1, 0.15) is 34.6 Å². The zero-order valence-corrected chi connectivity index (χ0v) is 20.1. The number of anilines is 1. The lowest BCUT2D eigenvalue weighted by atomic mass is 10.0. The summed E-state index contributed by atoms with van der Waals surface area (Å²) in [7, 11) is 0. The Morgan fingerprint density at radius 2 is 1.91 bits per heavy atom. The summed E-state index contributed by atoms with van der Waals surface area (Å²) in [5, 5.41) is 13.2. The second kappa shape index (κ2) is 8.91. The molecule has 2 N–H and O–H groups in total. The van der Waals surface area contributed by atoms with E-state index < -0.39 is 5.97 Å². The number of rotatable bonds is 5. The van der Waals surface area contributed by atoms with Crippen molar-refractivity contribution in [3.63, 3.8) is 0 Å². The summed E-state index contributed by atoms with van der Waals surface area (Å²) < 4.78 is 6.81. The number of hydrogen-bond donors (Lipinski definition) is 2. The van der Waals surface area contributed by atoms with Crippen molar-refractivity contribution in [2.75, 3.05) is 5.32 Å². The van der Waals surface area contributed by atoms with E-state index in [1.165, 1.54) is 6.07 Å². The predicted octanol–water partition coefficient (Wildman–Crippen LogP) is 6.29. The second-order valence-corrected chi connectivity index (χ2v) is 8.84. The van der Waals surface area contributed by atoms with Crippen molar-refractivity contribution in [1.29, 1.82) is 0 Å². The number of fused-ring (bicyclic) bond motifs is 1. The average Bonchev–Trinajstić information content (AvgIpc) is 2.77. The molecule has 32 heavy (non-hydrogen) atoms. The Labute approximate surface area is 202 Å². The first-order valence-electron chi connectivity index (χ1n) is 9.75. The first kappa shape index (κ1) is 22.3. The number of carboxylic acids is 1.